The molecule has 3 heteroatoms. The van der Waals surface area contributed by atoms with Crippen molar-refractivity contribution in [3.8, 4) is 0 Å². The smallest absolute Gasteiger partial charge is 0.0630 e. The van der Waals surface area contributed by atoms with Gasteiger partial charge in [0, 0.05) is 31.8 Å². The van der Waals surface area contributed by atoms with Crippen molar-refractivity contribution in [3.05, 3.63) is 0 Å². The minimum absolute atomic E-state index is 0.510. The van der Waals surface area contributed by atoms with Crippen molar-refractivity contribution in [2.24, 2.45) is 0 Å². The lowest BCUT2D eigenvalue weighted by molar-refractivity contribution is 0.0795. The summed E-state index contributed by atoms with van der Waals surface area (Å²) in [4.78, 5) is 2.52. The molecule has 0 amide bonds. The van der Waals surface area contributed by atoms with Crippen molar-refractivity contribution in [2.45, 2.75) is 57.7 Å². The fourth-order valence-corrected chi connectivity index (χ4v) is 2.49. The second-order valence-corrected chi connectivity index (χ2v) is 5.28. The molecule has 0 aromatic rings. The van der Waals surface area contributed by atoms with Gasteiger partial charge < -0.3 is 10.1 Å². The van der Waals surface area contributed by atoms with Crippen LogP contribution >= 0.6 is 0 Å². The Labute approximate surface area is 101 Å². The van der Waals surface area contributed by atoms with Gasteiger partial charge in [-0.1, -0.05) is 26.7 Å². The Morgan fingerprint density at radius 3 is 2.44 bits per heavy atom. The predicted molar refractivity (Wildman–Crippen MR) is 68.8 cm³/mol. The highest BCUT2D eigenvalue weighted by molar-refractivity contribution is 4.82. The molecule has 0 radical (unpaired) electrons. The number of nitrogens with one attached hydrogen (secondary N) is 1. The Balaban J connectivity index is 2.40. The van der Waals surface area contributed by atoms with E-state index in [9.17, 15) is 0 Å². The van der Waals surface area contributed by atoms with E-state index in [1.54, 1.807) is 7.11 Å². The number of hydrogen-bond acceptors (Lipinski definition) is 3. The van der Waals surface area contributed by atoms with Gasteiger partial charge in [-0.15, -0.1) is 0 Å². The van der Waals surface area contributed by atoms with Crippen LogP contribution in [-0.4, -0.2) is 50.3 Å². The summed E-state index contributed by atoms with van der Waals surface area (Å²) in [5.74, 6) is 0. The Morgan fingerprint density at radius 1 is 1.31 bits per heavy atom. The molecule has 0 spiro atoms. The summed E-state index contributed by atoms with van der Waals surface area (Å²) >= 11 is 0. The number of rotatable bonds is 7. The van der Waals surface area contributed by atoms with Gasteiger partial charge >= 0.3 is 0 Å². The Hall–Kier alpha value is -0.120. The van der Waals surface area contributed by atoms with Crippen molar-refractivity contribution in [3.63, 3.8) is 0 Å². The van der Waals surface area contributed by atoms with E-state index in [2.05, 4.69) is 31.1 Å². The van der Waals surface area contributed by atoms with Gasteiger partial charge in [-0.2, -0.15) is 0 Å². The molecule has 0 saturated heterocycles. The highest BCUT2D eigenvalue weighted by Crippen LogP contribution is 2.23. The first-order valence-electron chi connectivity index (χ1n) is 6.59. The summed E-state index contributed by atoms with van der Waals surface area (Å²) in [6.07, 6.45) is 5.51. The molecule has 0 aliphatic heterocycles. The minimum Gasteiger partial charge on any atom is -0.383 e. The maximum Gasteiger partial charge on any atom is 0.0630 e. The molecular formula is C13H28N2O. The molecule has 1 rings (SSSR count). The van der Waals surface area contributed by atoms with Gasteiger partial charge in [-0.25, -0.2) is 0 Å². The van der Waals surface area contributed by atoms with Gasteiger partial charge in [0.2, 0.25) is 0 Å². The standard InChI is InChI=1S/C13H28N2O/c1-11(2)14-9-13(10-16-4)15(3)12-7-5-6-8-12/h11-14H,5-10H2,1-4H3. The van der Waals surface area contributed by atoms with Crippen molar-refractivity contribution in [1.82, 2.24) is 10.2 Å². The lowest BCUT2D eigenvalue weighted by Gasteiger charge is -2.33. The maximum absolute atomic E-state index is 5.34. The van der Waals surface area contributed by atoms with Crippen LogP contribution in [-0.2, 0) is 4.74 Å². The van der Waals surface area contributed by atoms with Crippen molar-refractivity contribution >= 4 is 0 Å². The van der Waals surface area contributed by atoms with Crippen LogP contribution in [0.2, 0.25) is 0 Å². The number of nitrogens with zero attached hydrogens (tertiary/aromatic N) is 1. The number of ether oxygens (including phenoxy) is 1. The molecule has 1 unspecified atom stereocenters. The normalized spacial score (nSPS) is 19.9. The molecule has 0 aromatic carbocycles. The molecule has 1 aliphatic carbocycles. The molecule has 1 fully saturated rings. The zero-order valence-electron chi connectivity index (χ0n) is 11.3. The second-order valence-electron chi connectivity index (χ2n) is 5.28. The van der Waals surface area contributed by atoms with Gasteiger partial charge in [-0.3, -0.25) is 4.90 Å². The van der Waals surface area contributed by atoms with Gasteiger partial charge in [-0.05, 0) is 19.9 Å². The second kappa shape index (κ2) is 7.25. The molecule has 0 bridgehead atoms. The number of hydrogen-bond donors (Lipinski definition) is 1. The highest BCUT2D eigenvalue weighted by Gasteiger charge is 2.25. The van der Waals surface area contributed by atoms with Crippen LogP contribution in [0.15, 0.2) is 0 Å². The molecule has 96 valence electrons. The predicted octanol–water partition coefficient (Wildman–Crippen LogP) is 1.87. The Morgan fingerprint density at radius 2 is 1.94 bits per heavy atom. The van der Waals surface area contributed by atoms with E-state index in [4.69, 9.17) is 4.74 Å². The van der Waals surface area contributed by atoms with E-state index >= 15 is 0 Å². The largest absolute Gasteiger partial charge is 0.383 e. The zero-order chi connectivity index (χ0) is 12.0. The summed E-state index contributed by atoms with van der Waals surface area (Å²) in [5.41, 5.74) is 0. The van der Waals surface area contributed by atoms with E-state index in [1.165, 1.54) is 25.7 Å². The van der Waals surface area contributed by atoms with E-state index in [0.29, 0.717) is 12.1 Å². The lowest BCUT2D eigenvalue weighted by atomic mass is 10.1. The van der Waals surface area contributed by atoms with Gasteiger partial charge in [0.25, 0.3) is 0 Å². The van der Waals surface area contributed by atoms with Crippen LogP contribution in [0.1, 0.15) is 39.5 Å². The van der Waals surface area contributed by atoms with Gasteiger partial charge in [0.15, 0.2) is 0 Å². The van der Waals surface area contributed by atoms with Crippen LogP contribution in [0.3, 0.4) is 0 Å². The molecule has 1 atom stereocenters. The third-order valence-corrected chi connectivity index (χ3v) is 3.60. The maximum atomic E-state index is 5.34. The first kappa shape index (κ1) is 13.9. The summed E-state index contributed by atoms with van der Waals surface area (Å²) in [7, 11) is 4.05. The fraction of sp³-hybridized carbons (Fsp3) is 1.00. The van der Waals surface area contributed by atoms with Crippen molar-refractivity contribution < 1.29 is 4.74 Å². The van der Waals surface area contributed by atoms with Gasteiger partial charge in [0.1, 0.15) is 0 Å². The monoisotopic (exact) mass is 228 g/mol. The summed E-state index contributed by atoms with van der Waals surface area (Å²) < 4.78 is 5.34. The summed E-state index contributed by atoms with van der Waals surface area (Å²) in [5, 5.41) is 3.51. The Kier molecular flexibility index (Phi) is 6.32. The van der Waals surface area contributed by atoms with E-state index in [-0.39, 0.29) is 0 Å². The third kappa shape index (κ3) is 4.40. The van der Waals surface area contributed by atoms with Crippen LogP contribution < -0.4 is 5.32 Å². The SMILES string of the molecule is COCC(CNC(C)C)N(C)C1CCCC1. The molecule has 0 heterocycles. The van der Waals surface area contributed by atoms with Gasteiger partial charge in [0.05, 0.1) is 6.61 Å². The van der Waals surface area contributed by atoms with Crippen LogP contribution in [0.25, 0.3) is 0 Å². The molecule has 3 nitrogen and oxygen atoms in total. The molecule has 1 aliphatic rings. The zero-order valence-corrected chi connectivity index (χ0v) is 11.3. The van der Waals surface area contributed by atoms with E-state index < -0.39 is 0 Å². The van der Waals surface area contributed by atoms with Crippen molar-refractivity contribution in [2.75, 3.05) is 27.3 Å². The molecule has 1 N–H and O–H groups in total. The summed E-state index contributed by atoms with van der Waals surface area (Å²) in [6, 6.07) is 1.83. The van der Waals surface area contributed by atoms with E-state index in [1.807, 2.05) is 0 Å². The quantitative estimate of drug-likeness (QED) is 0.720. The van der Waals surface area contributed by atoms with Crippen LogP contribution in [0, 0.1) is 0 Å². The minimum atomic E-state index is 0.510. The van der Waals surface area contributed by atoms with Crippen LogP contribution in [0.5, 0.6) is 0 Å². The lowest BCUT2D eigenvalue weighted by Crippen LogP contribution is -2.48. The molecule has 16 heavy (non-hydrogen) atoms. The third-order valence-electron chi connectivity index (χ3n) is 3.60. The number of methoxy groups -OCH3 is 1. The van der Waals surface area contributed by atoms with Crippen LogP contribution in [0.4, 0.5) is 0 Å². The topological polar surface area (TPSA) is 24.5 Å². The average molecular weight is 228 g/mol. The van der Waals surface area contributed by atoms with E-state index in [0.717, 1.165) is 19.2 Å². The highest BCUT2D eigenvalue weighted by atomic mass is 16.5. The summed E-state index contributed by atoms with van der Waals surface area (Å²) in [6.45, 7) is 6.24. The first-order chi connectivity index (χ1) is 7.65. The Bertz CT molecular complexity index is 179. The molecule has 1 saturated carbocycles. The number of likely N-dealkylation sites (N-methyl/N-ethyl adjacent to an activating group) is 1. The first-order valence-corrected chi connectivity index (χ1v) is 6.59. The molecular weight excluding hydrogens is 200 g/mol. The fourth-order valence-electron chi connectivity index (χ4n) is 2.49. The molecule has 0 aromatic heterocycles. The average Bonchev–Trinajstić information content (AvgIpc) is 2.76. The van der Waals surface area contributed by atoms with Crippen molar-refractivity contribution in [1.29, 1.82) is 0 Å².